The first-order valence-corrected chi connectivity index (χ1v) is 31.9. The maximum atomic E-state index is 13.8. The molecule has 10 rings (SSSR count). The summed E-state index contributed by atoms with van der Waals surface area (Å²) in [5, 5.41) is 101. The van der Waals surface area contributed by atoms with Crippen LogP contribution in [0.4, 0.5) is 0 Å². The Morgan fingerprint density at radius 2 is 1.78 bits per heavy atom. The smallest absolute Gasteiger partial charge is 0.306 e. The topological polar surface area (TPSA) is 245 Å². The molecule has 0 amide bonds. The fourth-order valence-corrected chi connectivity index (χ4v) is 21.1. The van der Waals surface area contributed by atoms with Crippen molar-refractivity contribution in [3.63, 3.8) is 0 Å². The zero-order valence-electron chi connectivity index (χ0n) is 46.1. The van der Waals surface area contributed by atoms with Crippen molar-refractivity contribution >= 4 is 38.5 Å². The number of benzene rings is 1. The second-order valence-electron chi connectivity index (χ2n) is 25.1. The van der Waals surface area contributed by atoms with E-state index in [1.807, 2.05) is 30.0 Å². The summed E-state index contributed by atoms with van der Waals surface area (Å²) in [6.07, 6.45) is 12.2. The number of aryl methyl sites for hydroxylation is 1. The van der Waals surface area contributed by atoms with Crippen LogP contribution in [-0.4, -0.2) is 158 Å². The van der Waals surface area contributed by atoms with Crippen molar-refractivity contribution < 1.29 is 63.9 Å². The maximum absolute atomic E-state index is 13.8. The van der Waals surface area contributed by atoms with Gasteiger partial charge in [-0.15, -0.1) is 0 Å². The van der Waals surface area contributed by atoms with E-state index in [1.54, 1.807) is 36.1 Å². The molecule has 0 radical (unpaired) electrons. The maximum Gasteiger partial charge on any atom is 0.306 e. The van der Waals surface area contributed by atoms with Crippen LogP contribution in [0.15, 0.2) is 35.0 Å². The van der Waals surface area contributed by atoms with Crippen molar-refractivity contribution in [1.29, 1.82) is 0 Å². The molecule has 77 heavy (non-hydrogen) atoms. The number of nitrogens with one attached hydrogen (secondary N) is 3. The van der Waals surface area contributed by atoms with Gasteiger partial charge in [0, 0.05) is 59.4 Å². The lowest BCUT2D eigenvalue weighted by Crippen LogP contribution is -2.86. The SMILES string of the molecule is CCNC1CCC(O)(CC[C@H]2[C@@]3(CC[C@@H](CNC)C3)CC[C@]23SSC[C@@]24O[C@@H](Oc5c(CCC(=O)OCC)cc6ccoc6c5OCCN[C@H]3CC[C@H](C)CCC[C@H]2O)[C@@]2(O)[C@@H]3[C@H](CO)[C@H](O)C=C[C@H]3C[C@]4(O)[C@@H]2O)CC1. The minimum atomic E-state index is -2.49. The molecule has 0 unspecified atom stereocenters. The van der Waals surface area contributed by atoms with Gasteiger partial charge >= 0.3 is 5.97 Å². The lowest BCUT2D eigenvalue weighted by Gasteiger charge is -2.67. The van der Waals surface area contributed by atoms with Crippen LogP contribution in [0, 0.1) is 40.9 Å². The molecule has 18 heteroatoms. The van der Waals surface area contributed by atoms with Gasteiger partial charge in [-0.25, -0.2) is 0 Å². The Kier molecular flexibility index (Phi) is 17.8. The van der Waals surface area contributed by atoms with Gasteiger partial charge in [-0.1, -0.05) is 60.4 Å². The minimum absolute atomic E-state index is 0.00760. The Balaban J connectivity index is 1.14. The number of aliphatic hydroxyl groups is 7. The molecule has 4 heterocycles. The summed E-state index contributed by atoms with van der Waals surface area (Å²) in [6, 6.07) is 4.05. The van der Waals surface area contributed by atoms with Crippen molar-refractivity contribution in [2.24, 2.45) is 40.9 Å². The number of furan rings is 1. The van der Waals surface area contributed by atoms with Crippen LogP contribution in [-0.2, 0) is 20.7 Å². The van der Waals surface area contributed by atoms with Crippen LogP contribution >= 0.6 is 21.6 Å². The van der Waals surface area contributed by atoms with E-state index in [0.717, 1.165) is 96.6 Å². The fraction of sp³-hybridized carbons (Fsp3) is 0.814. The molecule has 5 aliphatic carbocycles. The van der Waals surface area contributed by atoms with Crippen LogP contribution in [0.2, 0.25) is 0 Å². The highest BCUT2D eigenvalue weighted by Crippen LogP contribution is 2.69. The molecule has 10 N–H and O–H groups in total. The molecule has 2 aromatic rings. The monoisotopic (exact) mass is 1110 g/mol. The molecule has 1 aromatic heterocycles. The van der Waals surface area contributed by atoms with E-state index in [-0.39, 0.29) is 73.5 Å². The molecule has 16 nitrogen and oxygen atoms in total. The summed E-state index contributed by atoms with van der Waals surface area (Å²) in [6.45, 7) is 8.32. The molecule has 16 atom stereocenters. The van der Waals surface area contributed by atoms with Crippen LogP contribution in [0.5, 0.6) is 11.5 Å². The molecular weight excluding hydrogens is 1020 g/mol. The first kappa shape index (κ1) is 58.0. The van der Waals surface area contributed by atoms with E-state index in [1.165, 1.54) is 0 Å². The molecule has 1 aromatic carbocycles. The van der Waals surface area contributed by atoms with E-state index in [9.17, 15) is 40.5 Å². The number of carbonyl (C=O) groups is 1. The number of ether oxygens (including phenoxy) is 4. The number of esters is 1. The Morgan fingerprint density at radius 1 is 0.961 bits per heavy atom. The van der Waals surface area contributed by atoms with E-state index >= 15 is 0 Å². The number of carbonyl (C=O) groups excluding carboxylic acids is 1. The van der Waals surface area contributed by atoms with Crippen molar-refractivity contribution in [3.8, 4) is 11.5 Å². The third-order valence-corrected chi connectivity index (χ3v) is 24.1. The lowest BCUT2D eigenvalue weighted by atomic mass is 9.50. The third-order valence-electron chi connectivity index (χ3n) is 20.8. The minimum Gasteiger partial charge on any atom is -0.485 e. The molecule has 8 aliphatic rings. The van der Waals surface area contributed by atoms with Crippen LogP contribution in [0.1, 0.15) is 142 Å². The van der Waals surface area contributed by atoms with E-state index in [2.05, 4.69) is 29.8 Å². The van der Waals surface area contributed by atoms with E-state index in [0.29, 0.717) is 53.8 Å². The molecule has 6 fully saturated rings. The number of allylic oxidation sites excluding steroid dienone is 1. The summed E-state index contributed by atoms with van der Waals surface area (Å²) in [5.74, 6) is -1.88. The van der Waals surface area contributed by atoms with Gasteiger partial charge in [0.2, 0.25) is 12.0 Å². The summed E-state index contributed by atoms with van der Waals surface area (Å²) in [5.41, 5.74) is -6.60. The Morgan fingerprint density at radius 3 is 2.55 bits per heavy atom. The highest BCUT2D eigenvalue weighted by atomic mass is 33.1. The van der Waals surface area contributed by atoms with E-state index in [4.69, 9.17) is 23.4 Å². The van der Waals surface area contributed by atoms with Gasteiger partial charge in [0.1, 0.15) is 23.9 Å². The van der Waals surface area contributed by atoms with Gasteiger partial charge in [-0.3, -0.25) is 4.79 Å². The van der Waals surface area contributed by atoms with Gasteiger partial charge in [0.05, 0.1) is 30.7 Å². The highest BCUT2D eigenvalue weighted by molar-refractivity contribution is 8.77. The Bertz CT molecular complexity index is 2370. The number of hydrogen-bond donors (Lipinski definition) is 10. The summed E-state index contributed by atoms with van der Waals surface area (Å²) < 4.78 is 32.6. The molecular formula is C59H91N3O13S2. The van der Waals surface area contributed by atoms with Gasteiger partial charge in [0.15, 0.2) is 16.9 Å². The summed E-state index contributed by atoms with van der Waals surface area (Å²) >= 11 is 0. The highest BCUT2D eigenvalue weighted by Gasteiger charge is 2.78. The average molecular weight is 1110 g/mol. The normalized spacial score (nSPS) is 43.4. The first-order chi connectivity index (χ1) is 37.0. The third kappa shape index (κ3) is 10.6. The van der Waals surface area contributed by atoms with Crippen LogP contribution < -0.4 is 25.4 Å². The first-order valence-electron chi connectivity index (χ1n) is 29.6. The molecule has 5 bridgehead atoms. The van der Waals surface area contributed by atoms with Crippen molar-refractivity contribution in [2.45, 2.75) is 207 Å². The largest absolute Gasteiger partial charge is 0.485 e. The number of fused-ring (bicyclic) bond motifs is 11. The van der Waals surface area contributed by atoms with Crippen molar-refractivity contribution in [3.05, 3.63) is 36.1 Å². The quantitative estimate of drug-likeness (QED) is 0.0636. The predicted octanol–water partition coefficient (Wildman–Crippen LogP) is 6.31. The van der Waals surface area contributed by atoms with Crippen molar-refractivity contribution in [2.75, 3.05) is 52.3 Å². The predicted molar refractivity (Wildman–Crippen MR) is 297 cm³/mol. The number of hydrogen-bond acceptors (Lipinski definition) is 18. The number of aliphatic hydroxyl groups excluding tert-OH is 4. The Labute approximate surface area is 463 Å². The molecule has 4 saturated carbocycles. The van der Waals surface area contributed by atoms with Gasteiger partial charge in [-0.2, -0.15) is 0 Å². The standard InChI is InChI=1S/C59H91N3O13S2/c1-5-61-41-17-22-55(68,23-18-41)24-19-44-54(21-16-37(31-54)33-60-4)25-26-56(44)45-14-10-36(3)8-7-9-46(65)58(35-76-77-56)57(69)32-40-11-13-43(64)42(34-63)48(40)59(70,52(57)67)53(75-58)74-50-38(12-15-47(66)71-6-2)30-39-20-28-72-49(39)51(50)73-29-27-62-45/h11,13,20,28,30,36-37,40-46,48,52-53,60-65,67-70H,5-10,12,14-19,21-27,29,31-35H2,1-4H3/t36-,37-,40+,41?,42-,43-,44+,45+,46-,48+,52+,53-,54+,55?,56+,57+,58-,59-/m1/s1. The summed E-state index contributed by atoms with van der Waals surface area (Å²) in [7, 11) is 5.45. The van der Waals surface area contributed by atoms with Gasteiger partial charge in [0.25, 0.3) is 0 Å². The molecule has 3 spiro atoms. The van der Waals surface area contributed by atoms with Gasteiger partial charge in [-0.05, 0) is 177 Å². The average Bonchev–Trinajstić information content (AvgIpc) is 4.27. The van der Waals surface area contributed by atoms with Gasteiger partial charge < -0.3 is 75.1 Å². The second kappa shape index (κ2) is 23.6. The zero-order chi connectivity index (χ0) is 54.4. The lowest BCUT2D eigenvalue weighted by molar-refractivity contribution is -0.424. The molecule has 432 valence electrons. The van der Waals surface area contributed by atoms with Crippen LogP contribution in [0.25, 0.3) is 11.0 Å². The van der Waals surface area contributed by atoms with E-state index < -0.39 is 82.1 Å². The van der Waals surface area contributed by atoms with Crippen molar-refractivity contribution in [1.82, 2.24) is 16.0 Å². The molecule has 3 aliphatic heterocycles. The second-order valence-corrected chi connectivity index (χ2v) is 27.7. The Hall–Kier alpha value is -2.17. The zero-order valence-corrected chi connectivity index (χ0v) is 47.7. The fourth-order valence-electron chi connectivity index (χ4n) is 16.8. The van der Waals surface area contributed by atoms with Crippen LogP contribution in [0.3, 0.4) is 0 Å². The molecule has 2 saturated heterocycles. The summed E-state index contributed by atoms with van der Waals surface area (Å²) in [4.78, 5) is 13.1. The number of rotatable bonds is 12.